The number of aromatic nitrogens is 4. The van der Waals surface area contributed by atoms with Crippen LogP contribution in [-0.2, 0) is 19.5 Å². The zero-order chi connectivity index (χ0) is 29.4. The van der Waals surface area contributed by atoms with Crippen LogP contribution in [0.1, 0.15) is 81.7 Å². The van der Waals surface area contributed by atoms with Gasteiger partial charge in [-0.25, -0.2) is 9.97 Å². The van der Waals surface area contributed by atoms with Crippen molar-refractivity contribution in [2.24, 2.45) is 0 Å². The van der Waals surface area contributed by atoms with Crippen LogP contribution in [0.3, 0.4) is 0 Å². The van der Waals surface area contributed by atoms with Gasteiger partial charge >= 0.3 is 0 Å². The summed E-state index contributed by atoms with van der Waals surface area (Å²) in [6, 6.07) is 11.4. The number of aryl methyl sites for hydroxylation is 1. The Labute approximate surface area is 243 Å². The molecule has 1 saturated carbocycles. The molecule has 1 aliphatic carbocycles. The van der Waals surface area contributed by atoms with E-state index in [1.54, 1.807) is 29.8 Å². The second-order valence-electron chi connectivity index (χ2n) is 11.3. The van der Waals surface area contributed by atoms with Crippen LogP contribution in [-0.4, -0.2) is 54.2 Å². The number of nitrogens with one attached hydrogen (secondary N) is 1. The number of nitrogens with zero attached hydrogens (tertiary/aromatic N) is 5. The normalized spacial score (nSPS) is 15.6. The minimum atomic E-state index is -0.484. The van der Waals surface area contributed by atoms with E-state index in [1.807, 2.05) is 18.2 Å². The molecule has 0 bridgehead atoms. The zero-order valence-corrected chi connectivity index (χ0v) is 23.9. The Morgan fingerprint density at radius 2 is 1.83 bits per heavy atom. The van der Waals surface area contributed by atoms with Crippen LogP contribution in [0.2, 0.25) is 0 Å². The number of pyridine rings is 2. The molecule has 42 heavy (non-hydrogen) atoms. The summed E-state index contributed by atoms with van der Waals surface area (Å²) < 4.78 is 1.71. The van der Waals surface area contributed by atoms with E-state index in [0.717, 1.165) is 68.6 Å². The molecule has 1 aliphatic heterocycles. The first-order valence-electron chi connectivity index (χ1n) is 14.5. The molecule has 3 aromatic heterocycles. The average Bonchev–Trinajstić information content (AvgIpc) is 3.51. The van der Waals surface area contributed by atoms with Gasteiger partial charge in [0.25, 0.3) is 5.56 Å². The first-order valence-corrected chi connectivity index (χ1v) is 14.5. The van der Waals surface area contributed by atoms with Gasteiger partial charge in [-0.2, -0.15) is 4.98 Å². The summed E-state index contributed by atoms with van der Waals surface area (Å²) in [6.07, 6.45) is 6.36. The van der Waals surface area contributed by atoms with Gasteiger partial charge in [-0.05, 0) is 49.4 Å². The van der Waals surface area contributed by atoms with Crippen molar-refractivity contribution in [1.82, 2.24) is 24.4 Å². The van der Waals surface area contributed by atoms with Crippen LogP contribution in [0.5, 0.6) is 0 Å². The molecule has 4 aromatic rings. The first kappa shape index (κ1) is 27.9. The highest BCUT2D eigenvalue weighted by molar-refractivity contribution is 5.99. The molecule has 1 aromatic carbocycles. The van der Waals surface area contributed by atoms with Gasteiger partial charge in [-0.1, -0.05) is 43.2 Å². The smallest absolute Gasteiger partial charge is 0.263 e. The molecule has 2 aliphatic rings. The fourth-order valence-electron chi connectivity index (χ4n) is 6.25. The van der Waals surface area contributed by atoms with Crippen molar-refractivity contribution in [2.75, 3.05) is 18.5 Å². The summed E-state index contributed by atoms with van der Waals surface area (Å²) in [5.74, 6) is 0.477. The molecule has 10 nitrogen and oxygen atoms in total. The highest BCUT2D eigenvalue weighted by Crippen LogP contribution is 2.32. The Bertz CT molecular complexity index is 1740. The second kappa shape index (κ2) is 11.5. The number of Topliss-reactive ketones (excluding diaryl/α,β-unsaturated/α-hetero) is 2. The molecule has 2 N–H and O–H groups in total. The maximum absolute atomic E-state index is 13.5. The standard InChI is InChI=1S/C32H34N6O4/c1-19-25-15-33-32(36-30(25)38(24-5-3-4-6-24)31(42)29(19)20(2)40)35-28-12-11-23-17-37(14-13-26(23)34-28)16-21-7-9-22(10-8-21)27(41)18-39/h7-12,15,24,39H,3-6,13-14,16-18H2,1-2H3,(H,33,34,35,36). The fraction of sp³-hybridized carbons (Fsp3) is 0.375. The van der Waals surface area contributed by atoms with Crippen LogP contribution in [0, 0.1) is 6.92 Å². The molecule has 0 unspecified atom stereocenters. The monoisotopic (exact) mass is 566 g/mol. The van der Waals surface area contributed by atoms with Crippen molar-refractivity contribution in [3.05, 3.63) is 86.5 Å². The Kier molecular flexibility index (Phi) is 7.66. The topological polar surface area (TPSA) is 130 Å². The third-order valence-electron chi connectivity index (χ3n) is 8.44. The lowest BCUT2D eigenvalue weighted by Gasteiger charge is -2.28. The van der Waals surface area contributed by atoms with Crippen LogP contribution < -0.4 is 10.9 Å². The molecule has 10 heteroatoms. The quantitative estimate of drug-likeness (QED) is 0.300. The number of rotatable bonds is 8. The third-order valence-corrected chi connectivity index (χ3v) is 8.44. The molecule has 0 spiro atoms. The number of fused-ring (bicyclic) bond motifs is 2. The number of benzene rings is 1. The Morgan fingerprint density at radius 1 is 1.07 bits per heavy atom. The maximum Gasteiger partial charge on any atom is 0.263 e. The number of aliphatic hydroxyl groups is 1. The SMILES string of the molecule is CC(=O)c1c(C)c2cnc(Nc3ccc4c(n3)CCN(Cc3ccc(C(=O)CO)cc3)C4)nc2n(C2CCCC2)c1=O. The van der Waals surface area contributed by atoms with Crippen molar-refractivity contribution in [3.8, 4) is 0 Å². The Balaban J connectivity index is 1.22. The summed E-state index contributed by atoms with van der Waals surface area (Å²) in [7, 11) is 0. The predicted molar refractivity (Wildman–Crippen MR) is 159 cm³/mol. The lowest BCUT2D eigenvalue weighted by molar-refractivity contribution is 0.0903. The van der Waals surface area contributed by atoms with Gasteiger partial charge in [-0.3, -0.25) is 23.9 Å². The van der Waals surface area contributed by atoms with E-state index in [2.05, 4.69) is 21.3 Å². The molecular weight excluding hydrogens is 532 g/mol. The fourth-order valence-corrected chi connectivity index (χ4v) is 6.25. The van der Waals surface area contributed by atoms with Crippen molar-refractivity contribution < 1.29 is 14.7 Å². The Hall–Kier alpha value is -4.28. The van der Waals surface area contributed by atoms with E-state index in [4.69, 9.17) is 15.1 Å². The maximum atomic E-state index is 13.5. The molecule has 0 radical (unpaired) electrons. The second-order valence-corrected chi connectivity index (χ2v) is 11.3. The van der Waals surface area contributed by atoms with Crippen molar-refractivity contribution >= 4 is 34.4 Å². The highest BCUT2D eigenvalue weighted by Gasteiger charge is 2.26. The summed E-state index contributed by atoms with van der Waals surface area (Å²) in [4.78, 5) is 54.0. The number of hydrogen-bond acceptors (Lipinski definition) is 9. The number of aliphatic hydroxyl groups excluding tert-OH is 1. The number of ketones is 2. The number of carbonyl (C=O) groups is 2. The molecule has 216 valence electrons. The van der Waals surface area contributed by atoms with Crippen molar-refractivity contribution in [1.29, 1.82) is 0 Å². The summed E-state index contributed by atoms with van der Waals surface area (Å²) >= 11 is 0. The van der Waals surface area contributed by atoms with Crippen LogP contribution >= 0.6 is 0 Å². The lowest BCUT2D eigenvalue weighted by Crippen LogP contribution is -2.31. The summed E-state index contributed by atoms with van der Waals surface area (Å²) in [6.45, 7) is 5.11. The highest BCUT2D eigenvalue weighted by atomic mass is 16.3. The minimum Gasteiger partial charge on any atom is -0.388 e. The van der Waals surface area contributed by atoms with Gasteiger partial charge in [0.1, 0.15) is 18.1 Å². The molecule has 0 saturated heterocycles. The van der Waals surface area contributed by atoms with Gasteiger partial charge in [0.2, 0.25) is 5.95 Å². The van der Waals surface area contributed by atoms with Crippen molar-refractivity contribution in [2.45, 2.75) is 65.1 Å². The molecular formula is C32H34N6O4. The van der Waals surface area contributed by atoms with Gasteiger partial charge in [-0.15, -0.1) is 0 Å². The lowest BCUT2D eigenvalue weighted by atomic mass is 10.0. The molecule has 0 amide bonds. The Morgan fingerprint density at radius 3 is 2.55 bits per heavy atom. The van der Waals surface area contributed by atoms with Crippen LogP contribution in [0.4, 0.5) is 11.8 Å². The van der Waals surface area contributed by atoms with E-state index in [1.165, 1.54) is 6.92 Å². The van der Waals surface area contributed by atoms with E-state index in [9.17, 15) is 14.4 Å². The zero-order valence-electron chi connectivity index (χ0n) is 23.9. The first-order chi connectivity index (χ1) is 20.3. The van der Waals surface area contributed by atoms with Gasteiger partial charge in [0, 0.05) is 54.9 Å². The molecule has 4 heterocycles. The third kappa shape index (κ3) is 5.35. The van der Waals surface area contributed by atoms with Gasteiger partial charge < -0.3 is 10.4 Å². The minimum absolute atomic E-state index is 0.0206. The van der Waals surface area contributed by atoms with Crippen molar-refractivity contribution in [3.63, 3.8) is 0 Å². The van der Waals surface area contributed by atoms with E-state index in [-0.39, 0.29) is 28.7 Å². The van der Waals surface area contributed by atoms with E-state index < -0.39 is 6.61 Å². The van der Waals surface area contributed by atoms with E-state index in [0.29, 0.717) is 33.9 Å². The number of carbonyl (C=O) groups excluding carboxylic acids is 2. The average molecular weight is 567 g/mol. The van der Waals surface area contributed by atoms with Crippen LogP contribution in [0.15, 0.2) is 47.4 Å². The van der Waals surface area contributed by atoms with Gasteiger partial charge in [0.05, 0.1) is 5.56 Å². The molecule has 0 atom stereocenters. The molecule has 6 rings (SSSR count). The number of anilines is 2. The van der Waals surface area contributed by atoms with Gasteiger partial charge in [0.15, 0.2) is 11.6 Å². The van der Waals surface area contributed by atoms with Crippen LogP contribution in [0.25, 0.3) is 11.0 Å². The largest absolute Gasteiger partial charge is 0.388 e. The number of hydrogen-bond donors (Lipinski definition) is 2. The predicted octanol–water partition coefficient (Wildman–Crippen LogP) is 4.29. The van der Waals surface area contributed by atoms with E-state index >= 15 is 0 Å². The molecule has 1 fully saturated rings. The summed E-state index contributed by atoms with van der Waals surface area (Å²) in [5.41, 5.74) is 4.92. The summed E-state index contributed by atoms with van der Waals surface area (Å²) in [5, 5.41) is 13.0.